The van der Waals surface area contributed by atoms with Crippen molar-refractivity contribution in [3.05, 3.63) is 65.2 Å². The Bertz CT molecular complexity index is 899. The van der Waals surface area contributed by atoms with Gasteiger partial charge < -0.3 is 15.2 Å². The van der Waals surface area contributed by atoms with Gasteiger partial charge in [-0.25, -0.2) is 4.79 Å². The van der Waals surface area contributed by atoms with Crippen molar-refractivity contribution in [1.82, 2.24) is 10.2 Å². The number of aryl methyl sites for hydroxylation is 2. The van der Waals surface area contributed by atoms with Gasteiger partial charge in [-0.3, -0.25) is 9.69 Å². The highest BCUT2D eigenvalue weighted by molar-refractivity contribution is 6.07. The number of hydrogen-bond acceptors (Lipinski definition) is 4. The van der Waals surface area contributed by atoms with E-state index in [4.69, 9.17) is 4.74 Å². The molecule has 1 saturated heterocycles. The molecule has 0 spiro atoms. The fraction of sp³-hybridized carbons (Fsp3) is 0.364. The number of benzene rings is 2. The third-order valence-electron chi connectivity index (χ3n) is 5.53. The van der Waals surface area contributed by atoms with Crippen LogP contribution >= 0.6 is 0 Å². The lowest BCUT2D eigenvalue weighted by Crippen LogP contribution is -2.42. The van der Waals surface area contributed by atoms with Crippen LogP contribution in [-0.2, 0) is 23.2 Å². The Hall–Kier alpha value is -2.86. The third-order valence-corrected chi connectivity index (χ3v) is 5.53. The second-order valence-corrected chi connectivity index (χ2v) is 7.59. The molecule has 2 aromatic carbocycles. The minimum absolute atomic E-state index is 0.00334. The van der Waals surface area contributed by atoms with Gasteiger partial charge in [0.05, 0.1) is 6.54 Å². The molecule has 1 aliphatic heterocycles. The Morgan fingerprint density at radius 3 is 2.68 bits per heavy atom. The maximum atomic E-state index is 13.0. The lowest BCUT2D eigenvalue weighted by molar-refractivity contribution is -0.132. The largest absolute Gasteiger partial charge is 0.491 e. The molecule has 28 heavy (non-hydrogen) atoms. The van der Waals surface area contributed by atoms with Crippen molar-refractivity contribution in [2.75, 3.05) is 13.2 Å². The van der Waals surface area contributed by atoms with Crippen molar-refractivity contribution in [3.63, 3.8) is 0 Å². The average molecular weight is 380 g/mol. The number of amides is 3. The van der Waals surface area contributed by atoms with Crippen molar-refractivity contribution < 1.29 is 19.4 Å². The number of rotatable bonds is 6. The fourth-order valence-electron chi connectivity index (χ4n) is 3.91. The molecule has 0 unspecified atom stereocenters. The molecule has 0 saturated carbocycles. The van der Waals surface area contributed by atoms with E-state index in [-0.39, 0.29) is 19.1 Å². The molecular formula is C22H24N2O4. The van der Waals surface area contributed by atoms with Crippen molar-refractivity contribution in [1.29, 1.82) is 0 Å². The SMILES string of the molecule is C[C@@]1(c2ccc3c(c2)CCC3)NC(=O)N(C[C@@H](O)COc2ccccc2)C1=O. The first-order chi connectivity index (χ1) is 13.5. The highest BCUT2D eigenvalue weighted by Crippen LogP contribution is 2.32. The number of β-amino-alcohol motifs (C(OH)–C–C–N with tert-alkyl or cyclic N) is 1. The van der Waals surface area contributed by atoms with Gasteiger partial charge in [-0.05, 0) is 55.0 Å². The summed E-state index contributed by atoms with van der Waals surface area (Å²) >= 11 is 0. The third kappa shape index (κ3) is 3.36. The molecule has 3 amide bonds. The maximum absolute atomic E-state index is 13.0. The van der Waals surface area contributed by atoms with E-state index in [1.54, 1.807) is 19.1 Å². The van der Waals surface area contributed by atoms with Crippen LogP contribution in [0.1, 0.15) is 30.0 Å². The van der Waals surface area contributed by atoms with E-state index in [1.165, 1.54) is 11.1 Å². The number of carbonyl (C=O) groups is 2. The number of aliphatic hydroxyl groups is 1. The second-order valence-electron chi connectivity index (χ2n) is 7.59. The van der Waals surface area contributed by atoms with Crippen LogP contribution in [0.2, 0.25) is 0 Å². The number of nitrogens with one attached hydrogen (secondary N) is 1. The van der Waals surface area contributed by atoms with E-state index in [1.807, 2.05) is 36.4 Å². The molecule has 1 aliphatic carbocycles. The van der Waals surface area contributed by atoms with Crippen LogP contribution in [0.5, 0.6) is 5.75 Å². The summed E-state index contributed by atoms with van der Waals surface area (Å²) in [7, 11) is 0. The van der Waals surface area contributed by atoms with Gasteiger partial charge in [0.25, 0.3) is 5.91 Å². The molecular weight excluding hydrogens is 356 g/mol. The number of carbonyl (C=O) groups excluding carboxylic acids is 2. The average Bonchev–Trinajstić information content (AvgIpc) is 3.25. The van der Waals surface area contributed by atoms with Gasteiger partial charge in [0, 0.05) is 0 Å². The van der Waals surface area contributed by atoms with Crippen molar-refractivity contribution >= 4 is 11.9 Å². The summed E-state index contributed by atoms with van der Waals surface area (Å²) < 4.78 is 5.52. The van der Waals surface area contributed by atoms with Crippen LogP contribution in [0.15, 0.2) is 48.5 Å². The van der Waals surface area contributed by atoms with E-state index < -0.39 is 17.7 Å². The Kier molecular flexibility index (Phi) is 4.81. The molecule has 0 aromatic heterocycles. The number of ether oxygens (including phenoxy) is 1. The highest BCUT2D eigenvalue weighted by Gasteiger charge is 2.49. The van der Waals surface area contributed by atoms with Crippen LogP contribution in [0, 0.1) is 0 Å². The van der Waals surface area contributed by atoms with Crippen molar-refractivity contribution in [2.24, 2.45) is 0 Å². The van der Waals surface area contributed by atoms with Crippen molar-refractivity contribution in [2.45, 2.75) is 37.8 Å². The van der Waals surface area contributed by atoms with Crippen LogP contribution < -0.4 is 10.1 Å². The fourth-order valence-corrected chi connectivity index (χ4v) is 3.91. The van der Waals surface area contributed by atoms with Gasteiger partial charge in [-0.2, -0.15) is 0 Å². The predicted molar refractivity (Wildman–Crippen MR) is 104 cm³/mol. The summed E-state index contributed by atoms with van der Waals surface area (Å²) in [5.41, 5.74) is 2.23. The molecule has 0 radical (unpaired) electrons. The zero-order valence-corrected chi connectivity index (χ0v) is 15.9. The molecule has 4 rings (SSSR count). The van der Waals surface area contributed by atoms with Gasteiger partial charge in [0.1, 0.15) is 24.0 Å². The first-order valence-corrected chi connectivity index (χ1v) is 9.60. The number of nitrogens with zero attached hydrogens (tertiary/aromatic N) is 1. The quantitative estimate of drug-likeness (QED) is 0.755. The molecule has 2 aliphatic rings. The van der Waals surface area contributed by atoms with Crippen LogP contribution in [0.25, 0.3) is 0 Å². The number of urea groups is 1. The van der Waals surface area contributed by atoms with E-state index in [2.05, 4.69) is 5.32 Å². The maximum Gasteiger partial charge on any atom is 0.325 e. The summed E-state index contributed by atoms with van der Waals surface area (Å²) in [5, 5.41) is 13.1. The molecule has 146 valence electrons. The number of imide groups is 1. The van der Waals surface area contributed by atoms with Gasteiger partial charge in [0.15, 0.2) is 0 Å². The molecule has 6 heteroatoms. The molecule has 2 aromatic rings. The first kappa shape index (κ1) is 18.5. The minimum Gasteiger partial charge on any atom is -0.491 e. The second kappa shape index (κ2) is 7.28. The molecule has 1 fully saturated rings. The Balaban J connectivity index is 1.44. The summed E-state index contributed by atoms with van der Waals surface area (Å²) in [5.74, 6) is 0.274. The molecule has 6 nitrogen and oxygen atoms in total. The van der Waals surface area contributed by atoms with Crippen molar-refractivity contribution in [3.8, 4) is 5.75 Å². The Morgan fingerprint density at radius 1 is 1.14 bits per heavy atom. The predicted octanol–water partition coefficient (Wildman–Crippen LogP) is 2.38. The van der Waals surface area contributed by atoms with Crippen LogP contribution in [0.4, 0.5) is 4.79 Å². The van der Waals surface area contributed by atoms with Gasteiger partial charge in [-0.1, -0.05) is 36.4 Å². The van der Waals surface area contributed by atoms with E-state index in [0.29, 0.717) is 5.75 Å². The topological polar surface area (TPSA) is 78.9 Å². The molecule has 2 N–H and O–H groups in total. The smallest absolute Gasteiger partial charge is 0.325 e. The monoisotopic (exact) mass is 380 g/mol. The Morgan fingerprint density at radius 2 is 1.89 bits per heavy atom. The standard InChI is InChI=1S/C22H24N2O4/c1-22(17-11-10-15-6-5-7-16(15)12-17)20(26)24(21(27)23-22)13-18(25)14-28-19-8-3-2-4-9-19/h2-4,8-12,18,25H,5-7,13-14H2,1H3,(H,23,27)/t18-,22+/m1/s1. The minimum atomic E-state index is -1.12. The van der Waals surface area contributed by atoms with Gasteiger partial charge in [-0.15, -0.1) is 0 Å². The normalized spacial score (nSPS) is 22.1. The highest BCUT2D eigenvalue weighted by atomic mass is 16.5. The summed E-state index contributed by atoms with van der Waals surface area (Å²) in [6, 6.07) is 14.6. The van der Waals surface area contributed by atoms with E-state index >= 15 is 0 Å². The van der Waals surface area contributed by atoms with E-state index in [9.17, 15) is 14.7 Å². The zero-order valence-electron chi connectivity index (χ0n) is 15.9. The molecule has 0 bridgehead atoms. The van der Waals surface area contributed by atoms with Crippen LogP contribution in [-0.4, -0.2) is 41.2 Å². The molecule has 1 heterocycles. The van der Waals surface area contributed by atoms with Gasteiger partial charge >= 0.3 is 6.03 Å². The number of hydrogen-bond donors (Lipinski definition) is 2. The lowest BCUT2D eigenvalue weighted by Gasteiger charge is -2.24. The van der Waals surface area contributed by atoms with E-state index in [0.717, 1.165) is 29.7 Å². The van der Waals surface area contributed by atoms with Crippen LogP contribution in [0.3, 0.4) is 0 Å². The first-order valence-electron chi connectivity index (χ1n) is 9.60. The summed E-state index contributed by atoms with van der Waals surface area (Å²) in [4.78, 5) is 26.6. The number of fused-ring (bicyclic) bond motifs is 1. The lowest BCUT2D eigenvalue weighted by atomic mass is 9.89. The summed E-state index contributed by atoms with van der Waals surface area (Å²) in [6.07, 6.45) is 2.21. The Labute approximate surface area is 164 Å². The molecule has 2 atom stereocenters. The zero-order chi connectivity index (χ0) is 19.7. The van der Waals surface area contributed by atoms with Gasteiger partial charge in [0.2, 0.25) is 0 Å². The number of aliphatic hydroxyl groups excluding tert-OH is 1. The summed E-state index contributed by atoms with van der Waals surface area (Å²) in [6.45, 7) is 1.60. The number of para-hydroxylation sites is 1.